The first-order valence-electron chi connectivity index (χ1n) is 12.1. The van der Waals surface area contributed by atoms with Crippen molar-refractivity contribution >= 4 is 33.3 Å². The normalized spacial score (nSPS) is 18.5. The molecule has 11 nitrogen and oxygen atoms in total. The second kappa shape index (κ2) is 8.00. The van der Waals surface area contributed by atoms with Crippen LogP contribution in [0.4, 0.5) is 5.82 Å². The van der Waals surface area contributed by atoms with Crippen LogP contribution in [0.5, 0.6) is 0 Å². The van der Waals surface area contributed by atoms with Crippen molar-refractivity contribution < 1.29 is 18.0 Å². The summed E-state index contributed by atoms with van der Waals surface area (Å²) in [6, 6.07) is 5.14. The molecule has 2 saturated carbocycles. The number of nitrogen functional groups attached to an aromatic ring is 1. The number of carbonyl (C=O) groups is 2. The highest BCUT2D eigenvalue weighted by atomic mass is 32.2. The number of benzene rings is 1. The first-order valence-corrected chi connectivity index (χ1v) is 13.5. The number of sulfonamides is 1. The molecule has 0 radical (unpaired) electrons. The molecule has 0 spiro atoms. The molecule has 36 heavy (non-hydrogen) atoms. The van der Waals surface area contributed by atoms with Gasteiger partial charge < -0.3 is 16.0 Å². The van der Waals surface area contributed by atoms with Crippen LogP contribution < -0.4 is 15.8 Å². The third kappa shape index (κ3) is 3.71. The van der Waals surface area contributed by atoms with E-state index in [0.717, 1.165) is 25.7 Å². The first-order chi connectivity index (χ1) is 17.2. The van der Waals surface area contributed by atoms with Crippen LogP contribution >= 0.6 is 0 Å². The molecule has 2 aliphatic carbocycles. The molecule has 0 bridgehead atoms. The molecular formula is C24H27N7O4S. The van der Waals surface area contributed by atoms with Crippen LogP contribution in [0.25, 0.3) is 16.9 Å². The van der Waals surface area contributed by atoms with Gasteiger partial charge in [-0.1, -0.05) is 0 Å². The summed E-state index contributed by atoms with van der Waals surface area (Å²) in [7, 11) is -2.61. The third-order valence-corrected chi connectivity index (χ3v) is 8.74. The van der Waals surface area contributed by atoms with Crippen molar-refractivity contribution in [3.63, 3.8) is 0 Å². The Kier molecular flexibility index (Phi) is 5.09. The van der Waals surface area contributed by atoms with Crippen molar-refractivity contribution in [1.82, 2.24) is 29.5 Å². The lowest BCUT2D eigenvalue weighted by Crippen LogP contribution is -2.35. The lowest BCUT2D eigenvalue weighted by atomic mass is 10.0. The van der Waals surface area contributed by atoms with E-state index in [9.17, 15) is 18.0 Å². The fraction of sp³-hybridized carbons (Fsp3) is 0.417. The van der Waals surface area contributed by atoms with Crippen LogP contribution in [0, 0.1) is 5.92 Å². The maximum absolute atomic E-state index is 13.3. The Hall–Kier alpha value is -3.51. The highest BCUT2D eigenvalue weighted by Gasteiger charge is 2.41. The molecule has 1 aliphatic heterocycles. The van der Waals surface area contributed by atoms with Crippen LogP contribution in [-0.4, -0.2) is 58.9 Å². The third-order valence-electron chi connectivity index (χ3n) is 7.30. The minimum atomic E-state index is -3.93. The van der Waals surface area contributed by atoms with Gasteiger partial charge in [-0.3, -0.25) is 9.59 Å². The summed E-state index contributed by atoms with van der Waals surface area (Å²) in [5.41, 5.74) is 8.32. The number of carbonyl (C=O) groups excluding carboxylic acids is 2. The number of rotatable bonds is 7. The molecule has 0 unspecified atom stereocenters. The van der Waals surface area contributed by atoms with Crippen LogP contribution in [0.2, 0.25) is 0 Å². The van der Waals surface area contributed by atoms with Gasteiger partial charge >= 0.3 is 0 Å². The SMILES string of the molecule is CNS(=O)(=O)c1cc(-c2ccn3nc(N)c(C(=O)NC4CC4)c3n2)cc2c1C(=O)N([C@@H](C)C1CC1)C2. The van der Waals surface area contributed by atoms with Crippen LogP contribution in [0.3, 0.4) is 0 Å². The molecule has 3 aliphatic rings. The van der Waals surface area contributed by atoms with Gasteiger partial charge in [0.2, 0.25) is 10.0 Å². The molecule has 6 rings (SSSR count). The maximum Gasteiger partial charge on any atom is 0.259 e. The zero-order valence-electron chi connectivity index (χ0n) is 20.0. The smallest absolute Gasteiger partial charge is 0.259 e. The number of aromatic nitrogens is 3. The topological polar surface area (TPSA) is 152 Å². The molecule has 188 valence electrons. The van der Waals surface area contributed by atoms with E-state index in [0.29, 0.717) is 29.3 Å². The number of hydrogen-bond donors (Lipinski definition) is 3. The van der Waals surface area contributed by atoms with E-state index in [1.54, 1.807) is 17.2 Å². The summed E-state index contributed by atoms with van der Waals surface area (Å²) in [4.78, 5) is 32.5. The minimum Gasteiger partial charge on any atom is -0.381 e. The predicted octanol–water partition coefficient (Wildman–Crippen LogP) is 1.53. The number of nitrogens with zero attached hydrogens (tertiary/aromatic N) is 4. The van der Waals surface area contributed by atoms with E-state index in [1.807, 2.05) is 13.0 Å². The molecule has 12 heteroatoms. The summed E-state index contributed by atoms with van der Waals surface area (Å²) < 4.78 is 29.8. The van der Waals surface area contributed by atoms with E-state index in [2.05, 4.69) is 20.1 Å². The molecule has 0 saturated heterocycles. The van der Waals surface area contributed by atoms with Crippen LogP contribution in [0.15, 0.2) is 29.3 Å². The number of fused-ring (bicyclic) bond motifs is 2. The lowest BCUT2D eigenvalue weighted by molar-refractivity contribution is 0.0694. The van der Waals surface area contributed by atoms with Gasteiger partial charge in [0.05, 0.1) is 16.2 Å². The highest BCUT2D eigenvalue weighted by molar-refractivity contribution is 7.89. The monoisotopic (exact) mass is 509 g/mol. The number of nitrogens with two attached hydrogens (primary N) is 1. The summed E-state index contributed by atoms with van der Waals surface area (Å²) >= 11 is 0. The highest BCUT2D eigenvalue weighted by Crippen LogP contribution is 2.40. The standard InChI is InChI=1S/C24H27N7O4S/c1-12(13-3-4-13)30-11-15-9-14(10-18(19(15)24(30)33)36(34,35)26-2)17-7-8-31-22(28-17)20(21(25)29-31)23(32)27-16-5-6-16/h7-10,12-13,16,26H,3-6,11H2,1-2H3,(H2,25,29)(H,27,32)/t12-/m0/s1. The van der Waals surface area contributed by atoms with E-state index < -0.39 is 10.0 Å². The summed E-state index contributed by atoms with van der Waals surface area (Å²) in [5.74, 6) is -0.0858. The number of nitrogens with one attached hydrogen (secondary N) is 2. The number of hydrogen-bond acceptors (Lipinski definition) is 7. The van der Waals surface area contributed by atoms with Crippen molar-refractivity contribution in [2.75, 3.05) is 12.8 Å². The van der Waals surface area contributed by atoms with Crippen molar-refractivity contribution in [1.29, 1.82) is 0 Å². The van der Waals surface area contributed by atoms with Gasteiger partial charge in [0.25, 0.3) is 11.8 Å². The van der Waals surface area contributed by atoms with Crippen LogP contribution in [0.1, 0.15) is 58.9 Å². The molecule has 1 aromatic carbocycles. The van der Waals surface area contributed by atoms with E-state index in [4.69, 9.17) is 5.73 Å². The summed E-state index contributed by atoms with van der Waals surface area (Å²) in [6.07, 6.45) is 5.63. The Morgan fingerprint density at radius 3 is 2.64 bits per heavy atom. The second-order valence-corrected chi connectivity index (χ2v) is 11.7. The van der Waals surface area contributed by atoms with E-state index in [1.165, 1.54) is 17.6 Å². The van der Waals surface area contributed by atoms with Crippen molar-refractivity contribution in [3.8, 4) is 11.3 Å². The molecular weight excluding hydrogens is 482 g/mol. The lowest BCUT2D eigenvalue weighted by Gasteiger charge is -2.24. The van der Waals surface area contributed by atoms with E-state index in [-0.39, 0.29) is 51.4 Å². The fourth-order valence-corrected chi connectivity index (χ4v) is 5.87. The Balaban J connectivity index is 1.47. The predicted molar refractivity (Wildman–Crippen MR) is 132 cm³/mol. The zero-order chi connectivity index (χ0) is 25.4. The first kappa shape index (κ1) is 22.9. The van der Waals surface area contributed by atoms with Crippen molar-refractivity contribution in [2.45, 2.75) is 56.1 Å². The quantitative estimate of drug-likeness (QED) is 0.437. The number of amides is 2. The average Bonchev–Trinajstić information content (AvgIpc) is 3.78. The molecule has 3 heterocycles. The zero-order valence-corrected chi connectivity index (χ0v) is 20.8. The minimum absolute atomic E-state index is 0.0373. The summed E-state index contributed by atoms with van der Waals surface area (Å²) in [6.45, 7) is 2.35. The van der Waals surface area contributed by atoms with Gasteiger partial charge in [-0.2, -0.15) is 0 Å². The average molecular weight is 510 g/mol. The largest absolute Gasteiger partial charge is 0.381 e. The number of anilines is 1. The summed E-state index contributed by atoms with van der Waals surface area (Å²) in [5, 5.41) is 7.11. The maximum atomic E-state index is 13.3. The van der Waals surface area contributed by atoms with Crippen molar-refractivity contribution in [3.05, 3.63) is 41.1 Å². The van der Waals surface area contributed by atoms with E-state index >= 15 is 0 Å². The van der Waals surface area contributed by atoms with Crippen LogP contribution in [-0.2, 0) is 16.6 Å². The van der Waals surface area contributed by atoms with Gasteiger partial charge in [-0.05, 0) is 69.3 Å². The molecule has 2 amide bonds. The van der Waals surface area contributed by atoms with Gasteiger partial charge in [0.1, 0.15) is 5.56 Å². The molecule has 3 aromatic rings. The van der Waals surface area contributed by atoms with Crippen molar-refractivity contribution in [2.24, 2.45) is 5.92 Å². The Labute approximate surface area is 208 Å². The Bertz CT molecular complexity index is 1540. The van der Waals surface area contributed by atoms with Gasteiger partial charge in [-0.25, -0.2) is 22.6 Å². The van der Waals surface area contributed by atoms with Gasteiger partial charge in [0, 0.05) is 30.4 Å². The Morgan fingerprint density at radius 1 is 1.22 bits per heavy atom. The Morgan fingerprint density at radius 2 is 1.97 bits per heavy atom. The molecule has 1 atom stereocenters. The fourth-order valence-electron chi connectivity index (χ4n) is 4.88. The molecule has 2 fully saturated rings. The molecule has 2 aromatic heterocycles. The van der Waals surface area contributed by atoms with Gasteiger partial charge in [-0.15, -0.1) is 5.10 Å². The van der Waals surface area contributed by atoms with Gasteiger partial charge in [0.15, 0.2) is 11.5 Å². The second-order valence-electron chi connectivity index (χ2n) is 9.82. The molecule has 4 N–H and O–H groups in total.